The van der Waals surface area contributed by atoms with Gasteiger partial charge < -0.3 is 24.4 Å². The van der Waals surface area contributed by atoms with Crippen molar-refractivity contribution in [3.8, 4) is 11.5 Å². The van der Waals surface area contributed by atoms with Crippen LogP contribution in [0, 0.1) is 0 Å². The van der Waals surface area contributed by atoms with Gasteiger partial charge in [0, 0.05) is 44.1 Å². The molecule has 2 aromatic rings. The molecule has 4 rings (SSSR count). The molecule has 1 N–H and O–H groups in total. The molecule has 0 amide bonds. The first-order valence-corrected chi connectivity index (χ1v) is 8.61. The van der Waals surface area contributed by atoms with E-state index in [0.717, 1.165) is 49.3 Å². The fraction of sp³-hybridized carbons (Fsp3) is 0.444. The van der Waals surface area contributed by atoms with Gasteiger partial charge in [0.2, 0.25) is 5.95 Å². The van der Waals surface area contributed by atoms with E-state index in [1.54, 1.807) is 0 Å². The molecule has 26 heavy (non-hydrogen) atoms. The maximum absolute atomic E-state index is 5.93. The van der Waals surface area contributed by atoms with Gasteiger partial charge in [-0.2, -0.15) is 0 Å². The molecule has 1 unspecified atom stereocenters. The molecule has 7 nitrogen and oxygen atoms in total. The van der Waals surface area contributed by atoms with Gasteiger partial charge in [-0.25, -0.2) is 9.97 Å². The molecule has 0 bridgehead atoms. The molecule has 1 aromatic carbocycles. The van der Waals surface area contributed by atoms with Gasteiger partial charge in [-0.05, 0) is 12.1 Å². The number of aromatic nitrogens is 2. The van der Waals surface area contributed by atoms with Crippen LogP contribution >= 0.6 is 12.4 Å². The summed E-state index contributed by atoms with van der Waals surface area (Å²) >= 11 is 0. The van der Waals surface area contributed by atoms with Crippen LogP contribution in [0.3, 0.4) is 0 Å². The van der Waals surface area contributed by atoms with Crippen LogP contribution in [0.2, 0.25) is 0 Å². The zero-order valence-corrected chi connectivity index (χ0v) is 15.3. The van der Waals surface area contributed by atoms with Crippen molar-refractivity contribution in [2.24, 2.45) is 0 Å². The second-order valence-corrected chi connectivity index (χ2v) is 6.12. The predicted octanol–water partition coefficient (Wildman–Crippen LogP) is 1.66. The number of fused-ring (bicyclic) bond motifs is 1. The van der Waals surface area contributed by atoms with Crippen LogP contribution in [0.1, 0.15) is 5.56 Å². The summed E-state index contributed by atoms with van der Waals surface area (Å²) in [5, 5.41) is 3.38. The summed E-state index contributed by atoms with van der Waals surface area (Å²) in [5.41, 5.74) is 1.05. The lowest BCUT2D eigenvalue weighted by Crippen LogP contribution is -2.38. The van der Waals surface area contributed by atoms with Gasteiger partial charge in [0.15, 0.2) is 11.5 Å². The van der Waals surface area contributed by atoms with Crippen molar-refractivity contribution in [2.45, 2.75) is 12.6 Å². The molecule has 2 aliphatic rings. The molecular formula is C18H23ClN4O3. The smallest absolute Gasteiger partial charge is 0.225 e. The molecule has 3 heterocycles. The highest BCUT2D eigenvalue weighted by Gasteiger charge is 2.20. The summed E-state index contributed by atoms with van der Waals surface area (Å²) in [6.07, 6.45) is 3.75. The number of nitrogens with one attached hydrogen (secondary N) is 1. The van der Waals surface area contributed by atoms with Crippen LogP contribution in [0.25, 0.3) is 0 Å². The van der Waals surface area contributed by atoms with E-state index < -0.39 is 0 Å². The number of hydrogen-bond acceptors (Lipinski definition) is 7. The van der Waals surface area contributed by atoms with Crippen molar-refractivity contribution in [3.63, 3.8) is 0 Å². The molecule has 2 aliphatic heterocycles. The highest BCUT2D eigenvalue weighted by molar-refractivity contribution is 5.85. The predicted molar refractivity (Wildman–Crippen MR) is 100 cm³/mol. The highest BCUT2D eigenvalue weighted by Crippen LogP contribution is 2.30. The maximum Gasteiger partial charge on any atom is 0.225 e. The summed E-state index contributed by atoms with van der Waals surface area (Å²) in [4.78, 5) is 11.1. The first-order chi connectivity index (χ1) is 12.4. The van der Waals surface area contributed by atoms with Gasteiger partial charge in [-0.1, -0.05) is 12.1 Å². The zero-order valence-electron chi connectivity index (χ0n) is 14.5. The van der Waals surface area contributed by atoms with Crippen molar-refractivity contribution in [2.75, 3.05) is 44.4 Å². The van der Waals surface area contributed by atoms with E-state index in [0.29, 0.717) is 19.7 Å². The Bertz CT molecular complexity index is 695. The van der Waals surface area contributed by atoms with Gasteiger partial charge in [-0.15, -0.1) is 12.4 Å². The summed E-state index contributed by atoms with van der Waals surface area (Å²) < 4.78 is 17.0. The number of hydrogen-bond donors (Lipinski definition) is 1. The summed E-state index contributed by atoms with van der Waals surface area (Å²) in [7, 11) is 0. The minimum atomic E-state index is 0. The van der Waals surface area contributed by atoms with Crippen LogP contribution in [-0.4, -0.2) is 55.5 Å². The van der Waals surface area contributed by atoms with E-state index in [2.05, 4.69) is 20.2 Å². The fourth-order valence-electron chi connectivity index (χ4n) is 2.91. The Balaban J connectivity index is 0.00000196. The summed E-state index contributed by atoms with van der Waals surface area (Å²) in [6, 6.07) is 7.75. The largest absolute Gasteiger partial charge is 0.486 e. The standard InChI is InChI=1S/C18H22N4O3.ClH/c1-2-4-17-16(3-1)24-13-15(25-17)12-19-9-14-10-20-18(21-11-14)22-5-7-23-8-6-22;/h1-4,10-11,15,19H,5-9,12-13H2;1H. The summed E-state index contributed by atoms with van der Waals surface area (Å²) in [6.45, 7) is 5.12. The van der Waals surface area contributed by atoms with Gasteiger partial charge in [0.05, 0.1) is 13.2 Å². The van der Waals surface area contributed by atoms with Gasteiger partial charge >= 0.3 is 0 Å². The van der Waals surface area contributed by atoms with E-state index in [9.17, 15) is 0 Å². The van der Waals surface area contributed by atoms with E-state index in [1.807, 2.05) is 36.7 Å². The third-order valence-electron chi connectivity index (χ3n) is 4.25. The molecule has 0 saturated carbocycles. The van der Waals surface area contributed by atoms with Gasteiger partial charge in [-0.3, -0.25) is 0 Å². The Morgan fingerprint density at radius 2 is 1.81 bits per heavy atom. The second-order valence-electron chi connectivity index (χ2n) is 6.12. The lowest BCUT2D eigenvalue weighted by atomic mass is 10.2. The van der Waals surface area contributed by atoms with E-state index in [-0.39, 0.29) is 18.5 Å². The highest BCUT2D eigenvalue weighted by atomic mass is 35.5. The number of anilines is 1. The van der Waals surface area contributed by atoms with Crippen molar-refractivity contribution < 1.29 is 14.2 Å². The number of nitrogens with zero attached hydrogens (tertiary/aromatic N) is 3. The Labute approximate surface area is 159 Å². The van der Waals surface area contributed by atoms with E-state index in [4.69, 9.17) is 14.2 Å². The minimum absolute atomic E-state index is 0. The molecule has 8 heteroatoms. The SMILES string of the molecule is Cl.c1ccc2c(c1)OCC(CNCc1cnc(N3CCOCC3)nc1)O2. The first-order valence-electron chi connectivity index (χ1n) is 8.61. The molecule has 0 spiro atoms. The molecule has 1 atom stereocenters. The Morgan fingerprint density at radius 1 is 1.08 bits per heavy atom. The van der Waals surface area contributed by atoms with Crippen LogP contribution < -0.4 is 19.7 Å². The zero-order chi connectivity index (χ0) is 16.9. The molecule has 1 aromatic heterocycles. The Hall–Kier alpha value is -2.09. The van der Waals surface area contributed by atoms with Crippen LogP contribution in [0.4, 0.5) is 5.95 Å². The molecule has 1 saturated heterocycles. The lowest BCUT2D eigenvalue weighted by molar-refractivity contribution is 0.0902. The topological polar surface area (TPSA) is 68.7 Å². The van der Waals surface area contributed by atoms with E-state index in [1.165, 1.54) is 0 Å². The molecular weight excluding hydrogens is 356 g/mol. The first kappa shape index (κ1) is 18.7. The summed E-state index contributed by atoms with van der Waals surface area (Å²) in [5.74, 6) is 2.39. The average molecular weight is 379 g/mol. The van der Waals surface area contributed by atoms with Crippen molar-refractivity contribution in [3.05, 3.63) is 42.2 Å². The number of halogens is 1. The lowest BCUT2D eigenvalue weighted by Gasteiger charge is -2.27. The number of para-hydroxylation sites is 2. The maximum atomic E-state index is 5.93. The molecule has 1 fully saturated rings. The van der Waals surface area contributed by atoms with Crippen molar-refractivity contribution in [1.29, 1.82) is 0 Å². The minimum Gasteiger partial charge on any atom is -0.486 e. The molecule has 140 valence electrons. The fourth-order valence-corrected chi connectivity index (χ4v) is 2.91. The van der Waals surface area contributed by atoms with Crippen LogP contribution in [0.5, 0.6) is 11.5 Å². The second kappa shape index (κ2) is 9.02. The Morgan fingerprint density at radius 3 is 2.58 bits per heavy atom. The third kappa shape index (κ3) is 4.55. The van der Waals surface area contributed by atoms with Gasteiger partial charge in [0.25, 0.3) is 0 Å². The van der Waals surface area contributed by atoms with Crippen LogP contribution in [-0.2, 0) is 11.3 Å². The normalized spacial score (nSPS) is 18.9. The number of morpholine rings is 1. The number of ether oxygens (including phenoxy) is 3. The average Bonchev–Trinajstić information content (AvgIpc) is 2.69. The van der Waals surface area contributed by atoms with Crippen molar-refractivity contribution >= 4 is 18.4 Å². The van der Waals surface area contributed by atoms with Crippen molar-refractivity contribution in [1.82, 2.24) is 15.3 Å². The quantitative estimate of drug-likeness (QED) is 0.848. The number of benzene rings is 1. The third-order valence-corrected chi connectivity index (χ3v) is 4.25. The van der Waals surface area contributed by atoms with E-state index >= 15 is 0 Å². The molecule has 0 radical (unpaired) electrons. The Kier molecular flexibility index (Phi) is 6.49. The number of rotatable bonds is 5. The van der Waals surface area contributed by atoms with Crippen LogP contribution in [0.15, 0.2) is 36.7 Å². The monoisotopic (exact) mass is 378 g/mol. The molecule has 0 aliphatic carbocycles. The van der Waals surface area contributed by atoms with Gasteiger partial charge in [0.1, 0.15) is 12.7 Å².